The zero-order valence-electron chi connectivity index (χ0n) is 14.9. The highest BCUT2D eigenvalue weighted by Gasteiger charge is 2.22. The summed E-state index contributed by atoms with van der Waals surface area (Å²) in [6.07, 6.45) is 2.10. The number of nitrogens with one attached hydrogen (secondary N) is 1. The number of carbonyl (C=O) groups is 1. The van der Waals surface area contributed by atoms with Gasteiger partial charge in [0.05, 0.1) is 4.90 Å². The van der Waals surface area contributed by atoms with Gasteiger partial charge in [0.15, 0.2) is 9.84 Å². The van der Waals surface area contributed by atoms with Crippen molar-refractivity contribution in [2.75, 3.05) is 31.9 Å². The van der Waals surface area contributed by atoms with E-state index < -0.39 is 21.5 Å². The van der Waals surface area contributed by atoms with E-state index in [0.717, 1.165) is 26.1 Å². The highest BCUT2D eigenvalue weighted by Crippen LogP contribution is 2.20. The molecule has 0 aliphatic carbocycles. The van der Waals surface area contributed by atoms with Crippen LogP contribution in [-0.4, -0.2) is 51.2 Å². The second-order valence-electron chi connectivity index (χ2n) is 7.12. The lowest BCUT2D eigenvalue weighted by atomic mass is 9.92. The van der Waals surface area contributed by atoms with Gasteiger partial charge in [-0.25, -0.2) is 8.42 Å². The Balaban J connectivity index is 1.72. The van der Waals surface area contributed by atoms with Crippen LogP contribution in [-0.2, 0) is 14.6 Å². The lowest BCUT2D eigenvalue weighted by molar-refractivity contribution is -0.118. The summed E-state index contributed by atoms with van der Waals surface area (Å²) < 4.78 is 24.4. The van der Waals surface area contributed by atoms with Gasteiger partial charge >= 0.3 is 0 Å². The number of piperidine rings is 1. The van der Waals surface area contributed by atoms with E-state index in [0.29, 0.717) is 23.4 Å². The number of hydrogen-bond donors (Lipinski definition) is 1. The maximum absolute atomic E-state index is 12.2. The summed E-state index contributed by atoms with van der Waals surface area (Å²) in [4.78, 5) is 14.5. The Bertz CT molecular complexity index is 666. The van der Waals surface area contributed by atoms with Gasteiger partial charge in [-0.2, -0.15) is 0 Å². The maximum atomic E-state index is 12.2. The Morgan fingerprint density at radius 1 is 1.20 bits per heavy atom. The van der Waals surface area contributed by atoms with E-state index in [1.165, 1.54) is 30.7 Å². The van der Waals surface area contributed by atoms with Gasteiger partial charge in [0, 0.05) is 24.7 Å². The molecule has 0 bridgehead atoms. The fourth-order valence-corrected chi connectivity index (χ4v) is 4.74. The van der Waals surface area contributed by atoms with Crippen LogP contribution in [0, 0.1) is 11.8 Å². The van der Waals surface area contributed by atoms with E-state index in [9.17, 15) is 13.2 Å². The third-order valence-corrected chi connectivity index (χ3v) is 6.30. The molecule has 1 saturated heterocycles. The molecular weight excluding hydrogens is 360 g/mol. The van der Waals surface area contributed by atoms with Gasteiger partial charge < -0.3 is 10.2 Å². The summed E-state index contributed by atoms with van der Waals surface area (Å²) in [5, 5.41) is 3.17. The number of sulfone groups is 1. The van der Waals surface area contributed by atoms with Crippen LogP contribution < -0.4 is 5.32 Å². The topological polar surface area (TPSA) is 66.5 Å². The molecule has 2 unspecified atom stereocenters. The molecule has 1 amide bonds. The monoisotopic (exact) mass is 386 g/mol. The highest BCUT2D eigenvalue weighted by atomic mass is 35.5. The number of hydrogen-bond acceptors (Lipinski definition) is 4. The van der Waals surface area contributed by atoms with Crippen molar-refractivity contribution in [1.29, 1.82) is 0 Å². The maximum Gasteiger partial charge on any atom is 0.235 e. The van der Waals surface area contributed by atoms with Gasteiger partial charge in [-0.05, 0) is 55.5 Å². The van der Waals surface area contributed by atoms with Crippen molar-refractivity contribution >= 4 is 27.3 Å². The average molecular weight is 387 g/mol. The lowest BCUT2D eigenvalue weighted by Gasteiger charge is -2.34. The Hall–Kier alpha value is -1.11. The first-order valence-electron chi connectivity index (χ1n) is 8.73. The number of likely N-dealkylation sites (tertiary alicyclic amines) is 1. The molecule has 2 atom stereocenters. The number of benzene rings is 1. The normalized spacial score (nSPS) is 21.9. The van der Waals surface area contributed by atoms with Crippen LogP contribution >= 0.6 is 11.6 Å². The largest absolute Gasteiger partial charge is 0.355 e. The molecular formula is C18H27ClN2O3S. The molecule has 1 heterocycles. The summed E-state index contributed by atoms with van der Waals surface area (Å²) in [6.45, 7) is 8.16. The molecule has 5 nitrogen and oxygen atoms in total. The smallest absolute Gasteiger partial charge is 0.235 e. The fraction of sp³-hybridized carbons (Fsp3) is 0.611. The van der Waals surface area contributed by atoms with Crippen molar-refractivity contribution in [2.24, 2.45) is 11.8 Å². The van der Waals surface area contributed by atoms with Gasteiger partial charge in [-0.1, -0.05) is 25.4 Å². The molecule has 1 aliphatic heterocycles. The molecule has 2 rings (SSSR count). The van der Waals surface area contributed by atoms with Crippen LogP contribution in [0.5, 0.6) is 0 Å². The molecule has 25 heavy (non-hydrogen) atoms. The number of nitrogens with zero attached hydrogens (tertiary/aromatic N) is 1. The van der Waals surface area contributed by atoms with Crippen LogP contribution in [0.25, 0.3) is 0 Å². The van der Waals surface area contributed by atoms with Gasteiger partial charge in [0.2, 0.25) is 5.91 Å². The number of amides is 1. The van der Waals surface area contributed by atoms with Gasteiger partial charge in [0.25, 0.3) is 0 Å². The van der Waals surface area contributed by atoms with Crippen LogP contribution in [0.1, 0.15) is 26.7 Å². The van der Waals surface area contributed by atoms with E-state index in [2.05, 4.69) is 24.1 Å². The second kappa shape index (κ2) is 9.01. The number of carbonyl (C=O) groups excluding carboxylic acids is 1. The minimum Gasteiger partial charge on any atom is -0.355 e. The van der Waals surface area contributed by atoms with Crippen LogP contribution in [0.3, 0.4) is 0 Å². The fourth-order valence-electron chi connectivity index (χ4n) is 3.45. The van der Waals surface area contributed by atoms with Crippen LogP contribution in [0.4, 0.5) is 0 Å². The third kappa shape index (κ3) is 6.60. The molecule has 7 heteroatoms. The molecule has 0 radical (unpaired) electrons. The van der Waals surface area contributed by atoms with Crippen molar-refractivity contribution in [3.05, 3.63) is 29.3 Å². The van der Waals surface area contributed by atoms with Gasteiger partial charge in [0.1, 0.15) is 5.75 Å². The lowest BCUT2D eigenvalue weighted by Crippen LogP contribution is -2.40. The van der Waals surface area contributed by atoms with Gasteiger partial charge in [-0.15, -0.1) is 0 Å². The van der Waals surface area contributed by atoms with E-state index in [1.54, 1.807) is 0 Å². The number of rotatable bonds is 7. The molecule has 1 fully saturated rings. The van der Waals surface area contributed by atoms with E-state index in [-0.39, 0.29) is 4.90 Å². The Morgan fingerprint density at radius 2 is 1.80 bits per heavy atom. The zero-order valence-corrected chi connectivity index (χ0v) is 16.4. The molecule has 1 N–H and O–H groups in total. The summed E-state index contributed by atoms with van der Waals surface area (Å²) in [5.74, 6) is 0.424. The Kier molecular flexibility index (Phi) is 7.28. The van der Waals surface area contributed by atoms with Crippen molar-refractivity contribution in [1.82, 2.24) is 10.2 Å². The standard InChI is InChI=1S/C18H27ClN2O3S/c1-14-10-15(2)12-21(11-14)9-3-8-20-18(22)13-25(23,24)17-6-4-16(19)5-7-17/h4-7,14-15H,3,8-13H2,1-2H3,(H,20,22). The van der Waals surface area contributed by atoms with Crippen LogP contribution in [0.15, 0.2) is 29.2 Å². The quantitative estimate of drug-likeness (QED) is 0.731. The first-order valence-corrected chi connectivity index (χ1v) is 10.8. The average Bonchev–Trinajstić information content (AvgIpc) is 2.50. The van der Waals surface area contributed by atoms with E-state index >= 15 is 0 Å². The first kappa shape index (κ1) is 20.2. The summed E-state index contributed by atoms with van der Waals surface area (Å²) in [7, 11) is -3.63. The van der Waals surface area contributed by atoms with Crippen molar-refractivity contribution in [3.63, 3.8) is 0 Å². The summed E-state index contributed by atoms with van der Waals surface area (Å²) in [6, 6.07) is 5.85. The molecule has 0 aromatic heterocycles. The van der Waals surface area contributed by atoms with Crippen molar-refractivity contribution in [3.8, 4) is 0 Å². The molecule has 1 aromatic carbocycles. The Labute approximate surface area is 155 Å². The minimum absolute atomic E-state index is 0.114. The van der Waals surface area contributed by atoms with E-state index in [1.807, 2.05) is 0 Å². The zero-order chi connectivity index (χ0) is 18.4. The van der Waals surface area contributed by atoms with Gasteiger partial charge in [-0.3, -0.25) is 4.79 Å². The predicted molar refractivity (Wildman–Crippen MR) is 101 cm³/mol. The molecule has 0 saturated carbocycles. The van der Waals surface area contributed by atoms with Crippen LogP contribution in [0.2, 0.25) is 5.02 Å². The minimum atomic E-state index is -3.63. The Morgan fingerprint density at radius 3 is 2.40 bits per heavy atom. The third-order valence-electron chi connectivity index (χ3n) is 4.41. The molecule has 0 spiro atoms. The highest BCUT2D eigenvalue weighted by molar-refractivity contribution is 7.92. The second-order valence-corrected chi connectivity index (χ2v) is 9.55. The molecule has 1 aromatic rings. The summed E-state index contributed by atoms with van der Waals surface area (Å²) >= 11 is 5.76. The van der Waals surface area contributed by atoms with Crippen molar-refractivity contribution < 1.29 is 13.2 Å². The van der Waals surface area contributed by atoms with Crippen molar-refractivity contribution in [2.45, 2.75) is 31.6 Å². The molecule has 140 valence electrons. The summed E-state index contributed by atoms with van der Waals surface area (Å²) in [5.41, 5.74) is 0. The number of halogens is 1. The SMILES string of the molecule is CC1CC(C)CN(CCCNC(=O)CS(=O)(=O)c2ccc(Cl)cc2)C1. The first-order chi connectivity index (χ1) is 11.8. The van der Waals surface area contributed by atoms with E-state index in [4.69, 9.17) is 11.6 Å². The predicted octanol–water partition coefficient (Wildman–Crippen LogP) is 2.60. The molecule has 1 aliphatic rings.